The molecular formula is C9H4F6O2. The maximum atomic E-state index is 12.2. The molecule has 1 aromatic carbocycles. The molecule has 0 heterocycles. The van der Waals surface area contributed by atoms with E-state index in [-0.39, 0.29) is 12.4 Å². The summed E-state index contributed by atoms with van der Waals surface area (Å²) in [7, 11) is 0. The molecule has 0 saturated heterocycles. The van der Waals surface area contributed by atoms with Crippen molar-refractivity contribution in [3.8, 4) is 5.75 Å². The Morgan fingerprint density at radius 2 is 1.65 bits per heavy atom. The lowest BCUT2D eigenvalue weighted by Crippen LogP contribution is -2.18. The summed E-state index contributed by atoms with van der Waals surface area (Å²) in [5.41, 5.74) is -2.05. The second-order valence-electron chi connectivity index (χ2n) is 2.92. The number of hydrogen-bond acceptors (Lipinski definition) is 2. The fourth-order valence-corrected chi connectivity index (χ4v) is 1.03. The zero-order valence-electron chi connectivity index (χ0n) is 7.89. The summed E-state index contributed by atoms with van der Waals surface area (Å²) < 4.78 is 75.5. The number of carbonyl (C=O) groups excluding carboxylic acids is 1. The second-order valence-corrected chi connectivity index (χ2v) is 2.92. The van der Waals surface area contributed by atoms with Gasteiger partial charge in [0.05, 0.1) is 11.1 Å². The molecule has 0 unspecified atom stereocenters. The van der Waals surface area contributed by atoms with E-state index >= 15 is 0 Å². The van der Waals surface area contributed by atoms with Crippen molar-refractivity contribution in [2.75, 3.05) is 0 Å². The van der Waals surface area contributed by atoms with Crippen LogP contribution in [0.4, 0.5) is 26.3 Å². The van der Waals surface area contributed by atoms with Gasteiger partial charge in [0.2, 0.25) is 0 Å². The summed E-state index contributed by atoms with van der Waals surface area (Å²) in [6.07, 6.45) is -9.96. The van der Waals surface area contributed by atoms with Gasteiger partial charge in [0.15, 0.2) is 6.29 Å². The third-order valence-electron chi connectivity index (χ3n) is 1.69. The molecule has 17 heavy (non-hydrogen) atoms. The van der Waals surface area contributed by atoms with Gasteiger partial charge in [0.25, 0.3) is 0 Å². The molecule has 0 radical (unpaired) electrons. The fourth-order valence-electron chi connectivity index (χ4n) is 1.03. The maximum absolute atomic E-state index is 12.2. The number of alkyl halides is 6. The number of ether oxygens (including phenoxy) is 1. The Bertz CT molecular complexity index is 420. The highest BCUT2D eigenvalue weighted by Gasteiger charge is 2.34. The Balaban J connectivity index is 3.15. The van der Waals surface area contributed by atoms with Crippen LogP contribution < -0.4 is 4.74 Å². The zero-order valence-corrected chi connectivity index (χ0v) is 7.89. The average Bonchev–Trinajstić information content (AvgIpc) is 2.14. The first kappa shape index (κ1) is 13.3. The van der Waals surface area contributed by atoms with E-state index in [4.69, 9.17) is 0 Å². The Labute approximate surface area is 90.8 Å². The van der Waals surface area contributed by atoms with Crippen LogP contribution in [0.3, 0.4) is 0 Å². The van der Waals surface area contributed by atoms with Crippen LogP contribution >= 0.6 is 0 Å². The van der Waals surface area contributed by atoms with Crippen molar-refractivity contribution >= 4 is 6.29 Å². The van der Waals surface area contributed by atoms with Gasteiger partial charge in [-0.1, -0.05) is 0 Å². The minimum atomic E-state index is -5.07. The molecule has 0 aliphatic heterocycles. The van der Waals surface area contributed by atoms with Crippen molar-refractivity contribution < 1.29 is 35.9 Å². The molecule has 0 spiro atoms. The van der Waals surface area contributed by atoms with Gasteiger partial charge < -0.3 is 4.74 Å². The molecule has 0 N–H and O–H groups in total. The van der Waals surface area contributed by atoms with Crippen LogP contribution in [0.15, 0.2) is 18.2 Å². The summed E-state index contributed by atoms with van der Waals surface area (Å²) in [6, 6.07) is 1.13. The zero-order chi connectivity index (χ0) is 13.3. The largest absolute Gasteiger partial charge is 0.573 e. The van der Waals surface area contributed by atoms with Gasteiger partial charge in [0.1, 0.15) is 5.75 Å². The van der Waals surface area contributed by atoms with E-state index in [1.165, 1.54) is 0 Å². The number of hydrogen-bond donors (Lipinski definition) is 0. The molecule has 1 rings (SSSR count). The summed E-state index contributed by atoms with van der Waals surface area (Å²) in [5.74, 6) is -0.972. The third-order valence-corrected chi connectivity index (χ3v) is 1.69. The van der Waals surface area contributed by atoms with Crippen LogP contribution in [-0.4, -0.2) is 12.6 Å². The Morgan fingerprint density at radius 3 is 2.06 bits per heavy atom. The van der Waals surface area contributed by atoms with Gasteiger partial charge >= 0.3 is 12.5 Å². The van der Waals surface area contributed by atoms with Crippen molar-refractivity contribution in [2.45, 2.75) is 12.5 Å². The van der Waals surface area contributed by atoms with E-state index in [1.54, 1.807) is 0 Å². The Kier molecular flexibility index (Phi) is 3.35. The average molecular weight is 258 g/mol. The molecular weight excluding hydrogens is 254 g/mol. The first-order valence-electron chi connectivity index (χ1n) is 4.05. The minimum absolute atomic E-state index is 0.143. The Hall–Kier alpha value is -1.73. The normalized spacial score (nSPS) is 12.4. The first-order chi connectivity index (χ1) is 7.63. The van der Waals surface area contributed by atoms with Gasteiger partial charge in [-0.2, -0.15) is 13.2 Å². The van der Waals surface area contributed by atoms with Gasteiger partial charge in [-0.05, 0) is 18.2 Å². The monoisotopic (exact) mass is 258 g/mol. The number of halogens is 6. The van der Waals surface area contributed by atoms with Crippen LogP contribution in [0, 0.1) is 0 Å². The molecule has 94 valence electrons. The highest BCUT2D eigenvalue weighted by atomic mass is 19.4. The van der Waals surface area contributed by atoms with Crippen LogP contribution in [0.1, 0.15) is 15.9 Å². The molecule has 0 atom stereocenters. The van der Waals surface area contributed by atoms with Crippen LogP contribution in [-0.2, 0) is 6.18 Å². The van der Waals surface area contributed by atoms with Gasteiger partial charge in [-0.15, -0.1) is 13.2 Å². The lowest BCUT2D eigenvalue weighted by atomic mass is 10.1. The number of rotatable bonds is 2. The van der Waals surface area contributed by atoms with E-state index in [1.807, 2.05) is 0 Å². The van der Waals surface area contributed by atoms with E-state index < -0.39 is 29.4 Å². The molecule has 0 fully saturated rings. The first-order valence-corrected chi connectivity index (χ1v) is 4.05. The van der Waals surface area contributed by atoms with Gasteiger partial charge in [-0.25, -0.2) is 0 Å². The molecule has 0 bridgehead atoms. The van der Waals surface area contributed by atoms with E-state index in [2.05, 4.69) is 4.74 Å². The molecule has 1 aromatic rings. The maximum Gasteiger partial charge on any atom is 0.573 e. The smallest absolute Gasteiger partial charge is 0.405 e. The van der Waals surface area contributed by atoms with E-state index in [0.29, 0.717) is 12.1 Å². The lowest BCUT2D eigenvalue weighted by Gasteiger charge is -2.12. The minimum Gasteiger partial charge on any atom is -0.405 e. The van der Waals surface area contributed by atoms with Crippen molar-refractivity contribution in [2.24, 2.45) is 0 Å². The van der Waals surface area contributed by atoms with Crippen LogP contribution in [0.2, 0.25) is 0 Å². The molecule has 0 amide bonds. The second kappa shape index (κ2) is 4.27. The molecule has 8 heteroatoms. The van der Waals surface area contributed by atoms with Crippen molar-refractivity contribution in [1.82, 2.24) is 0 Å². The van der Waals surface area contributed by atoms with E-state index in [9.17, 15) is 31.1 Å². The number of carbonyl (C=O) groups is 1. The lowest BCUT2D eigenvalue weighted by molar-refractivity contribution is -0.274. The summed E-state index contributed by atoms with van der Waals surface area (Å²) in [4.78, 5) is 10.4. The van der Waals surface area contributed by atoms with Crippen LogP contribution in [0.25, 0.3) is 0 Å². The molecule has 0 saturated carbocycles. The van der Waals surface area contributed by atoms with Crippen molar-refractivity contribution in [3.05, 3.63) is 29.3 Å². The highest BCUT2D eigenvalue weighted by Crippen LogP contribution is 2.33. The standard InChI is InChI=1S/C9H4F6O2/c10-8(11,12)6-1-2-7(5(3-6)4-16)17-9(13,14)15/h1-4H. The van der Waals surface area contributed by atoms with Gasteiger partial charge in [0, 0.05) is 0 Å². The quantitative estimate of drug-likeness (QED) is 0.600. The van der Waals surface area contributed by atoms with E-state index in [0.717, 1.165) is 0 Å². The molecule has 0 aliphatic carbocycles. The topological polar surface area (TPSA) is 26.3 Å². The molecule has 0 aliphatic rings. The highest BCUT2D eigenvalue weighted by molar-refractivity contribution is 5.79. The summed E-state index contributed by atoms with van der Waals surface area (Å²) in [5, 5.41) is 0. The predicted octanol–water partition coefficient (Wildman–Crippen LogP) is 3.42. The van der Waals surface area contributed by atoms with Crippen LogP contribution in [0.5, 0.6) is 5.75 Å². The summed E-state index contributed by atoms with van der Waals surface area (Å²) in [6.45, 7) is 0. The summed E-state index contributed by atoms with van der Waals surface area (Å²) >= 11 is 0. The SMILES string of the molecule is O=Cc1cc(C(F)(F)F)ccc1OC(F)(F)F. The van der Waals surface area contributed by atoms with Crippen molar-refractivity contribution in [1.29, 1.82) is 0 Å². The fraction of sp³-hybridized carbons (Fsp3) is 0.222. The van der Waals surface area contributed by atoms with Crippen molar-refractivity contribution in [3.63, 3.8) is 0 Å². The number of benzene rings is 1. The predicted molar refractivity (Wildman–Crippen MR) is 43.5 cm³/mol. The molecule has 2 nitrogen and oxygen atoms in total. The third kappa shape index (κ3) is 3.65. The molecule has 0 aromatic heterocycles. The van der Waals surface area contributed by atoms with Gasteiger partial charge in [-0.3, -0.25) is 4.79 Å². The Morgan fingerprint density at radius 1 is 1.06 bits per heavy atom. The number of aldehydes is 1.